The third kappa shape index (κ3) is 2.03. The van der Waals surface area contributed by atoms with E-state index in [9.17, 15) is 9.90 Å². The summed E-state index contributed by atoms with van der Waals surface area (Å²) in [5.74, 6) is 0.475. The van der Waals surface area contributed by atoms with E-state index in [-0.39, 0.29) is 24.8 Å². The van der Waals surface area contributed by atoms with Gasteiger partial charge in [-0.1, -0.05) is 0 Å². The number of amides is 1. The topological polar surface area (TPSA) is 49.8 Å². The van der Waals surface area contributed by atoms with E-state index in [4.69, 9.17) is 4.74 Å². The Morgan fingerprint density at radius 3 is 2.69 bits per heavy atom. The fourth-order valence-electron chi connectivity index (χ4n) is 2.93. The van der Waals surface area contributed by atoms with Gasteiger partial charge >= 0.3 is 6.09 Å². The number of nitrogens with zero attached hydrogens (tertiary/aromatic N) is 1. The second-order valence-corrected chi connectivity index (χ2v) is 5.86. The van der Waals surface area contributed by atoms with Crippen molar-refractivity contribution in [3.63, 3.8) is 0 Å². The molecule has 2 bridgehead atoms. The van der Waals surface area contributed by atoms with Gasteiger partial charge in [0.25, 0.3) is 0 Å². The quantitative estimate of drug-likeness (QED) is 0.742. The summed E-state index contributed by atoms with van der Waals surface area (Å²) in [6.45, 7) is 5.66. The van der Waals surface area contributed by atoms with Gasteiger partial charge in [-0.3, -0.25) is 4.90 Å². The first-order chi connectivity index (χ1) is 7.42. The minimum atomic E-state index is -0.459. The summed E-state index contributed by atoms with van der Waals surface area (Å²) in [4.78, 5) is 13.8. The molecule has 1 N–H and O–H groups in total. The van der Waals surface area contributed by atoms with E-state index < -0.39 is 5.60 Å². The van der Waals surface area contributed by atoms with Crippen LogP contribution in [0.2, 0.25) is 0 Å². The molecule has 1 aliphatic heterocycles. The third-order valence-electron chi connectivity index (χ3n) is 3.53. The lowest BCUT2D eigenvalue weighted by Gasteiger charge is -2.35. The van der Waals surface area contributed by atoms with Gasteiger partial charge in [0.05, 0.1) is 12.6 Å². The van der Waals surface area contributed by atoms with E-state index in [2.05, 4.69) is 0 Å². The van der Waals surface area contributed by atoms with Gasteiger partial charge < -0.3 is 9.84 Å². The molecule has 4 heteroatoms. The molecule has 1 aliphatic carbocycles. The molecule has 2 aliphatic rings. The normalized spacial score (nSPS) is 33.2. The molecule has 2 rings (SSSR count). The second-order valence-electron chi connectivity index (χ2n) is 5.86. The van der Waals surface area contributed by atoms with Crippen LogP contribution in [0.4, 0.5) is 4.79 Å². The predicted octanol–water partition coefficient (Wildman–Crippen LogP) is 1.77. The van der Waals surface area contributed by atoms with E-state index in [1.807, 2.05) is 20.8 Å². The summed E-state index contributed by atoms with van der Waals surface area (Å²) in [5, 5.41) is 9.36. The van der Waals surface area contributed by atoms with Crippen LogP contribution < -0.4 is 0 Å². The Bertz CT molecular complexity index is 284. The van der Waals surface area contributed by atoms with E-state index >= 15 is 0 Å². The lowest BCUT2D eigenvalue weighted by Crippen LogP contribution is -2.48. The SMILES string of the molecule is CC(C)(C)OC(=O)N1[C@@H]2CC[C@@H](C2)[C@@H]1CO. The number of hydrogen-bond donors (Lipinski definition) is 1. The van der Waals surface area contributed by atoms with E-state index in [0.717, 1.165) is 19.3 Å². The zero-order chi connectivity index (χ0) is 11.9. The minimum absolute atomic E-state index is 0.0198. The van der Waals surface area contributed by atoms with Crippen LogP contribution >= 0.6 is 0 Å². The highest BCUT2D eigenvalue weighted by Gasteiger charge is 2.48. The first-order valence-electron chi connectivity index (χ1n) is 6.04. The average molecular weight is 227 g/mol. The number of aliphatic hydroxyl groups is 1. The van der Waals surface area contributed by atoms with Crippen molar-refractivity contribution >= 4 is 6.09 Å². The highest BCUT2D eigenvalue weighted by Crippen LogP contribution is 2.42. The van der Waals surface area contributed by atoms with E-state index in [0.29, 0.717) is 5.92 Å². The largest absolute Gasteiger partial charge is 0.444 e. The highest BCUT2D eigenvalue weighted by atomic mass is 16.6. The molecule has 0 spiro atoms. The first-order valence-corrected chi connectivity index (χ1v) is 6.04. The summed E-state index contributed by atoms with van der Waals surface area (Å²) in [6.07, 6.45) is 2.96. The Hall–Kier alpha value is -0.770. The van der Waals surface area contributed by atoms with Gasteiger partial charge in [0, 0.05) is 6.04 Å². The van der Waals surface area contributed by atoms with Gasteiger partial charge in [0.1, 0.15) is 5.60 Å². The molecule has 2 fully saturated rings. The molecule has 1 saturated heterocycles. The smallest absolute Gasteiger partial charge is 0.410 e. The summed E-state index contributed by atoms with van der Waals surface area (Å²) < 4.78 is 5.38. The van der Waals surface area contributed by atoms with Crippen LogP contribution in [0, 0.1) is 5.92 Å². The number of rotatable bonds is 1. The van der Waals surface area contributed by atoms with Crippen LogP contribution in [0.5, 0.6) is 0 Å². The molecular formula is C12H21NO3. The lowest BCUT2D eigenvalue weighted by atomic mass is 10.00. The van der Waals surface area contributed by atoms with Crippen molar-refractivity contribution in [3.05, 3.63) is 0 Å². The fraction of sp³-hybridized carbons (Fsp3) is 0.917. The second kappa shape index (κ2) is 3.91. The molecule has 1 saturated carbocycles. The van der Waals surface area contributed by atoms with Gasteiger partial charge in [-0.25, -0.2) is 4.79 Å². The van der Waals surface area contributed by atoms with Crippen molar-refractivity contribution in [1.82, 2.24) is 4.90 Å². The van der Waals surface area contributed by atoms with Crippen LogP contribution in [0.15, 0.2) is 0 Å². The number of likely N-dealkylation sites (tertiary alicyclic amines) is 1. The van der Waals surface area contributed by atoms with Gasteiger partial charge in [-0.05, 0) is 46.0 Å². The molecule has 0 unspecified atom stereocenters. The van der Waals surface area contributed by atoms with Crippen molar-refractivity contribution in [2.75, 3.05) is 6.61 Å². The zero-order valence-electron chi connectivity index (χ0n) is 10.3. The molecule has 0 aromatic carbocycles. The number of ether oxygens (including phenoxy) is 1. The molecule has 16 heavy (non-hydrogen) atoms. The Labute approximate surface area is 96.6 Å². The maximum absolute atomic E-state index is 12.0. The summed E-state index contributed by atoms with van der Waals surface area (Å²) in [6, 6.07) is 0.269. The standard InChI is InChI=1S/C12H21NO3/c1-12(2,3)16-11(15)13-9-5-4-8(6-9)10(13)7-14/h8-10,14H,4-7H2,1-3H3/t8-,9+,10-/m0/s1. The summed E-state index contributed by atoms with van der Waals surface area (Å²) >= 11 is 0. The first kappa shape index (κ1) is 11.7. The molecule has 1 heterocycles. The Balaban J connectivity index is 2.06. The number of carbonyl (C=O) groups is 1. The van der Waals surface area contributed by atoms with Crippen molar-refractivity contribution < 1.29 is 14.6 Å². The number of piperidine rings is 1. The Morgan fingerprint density at radius 2 is 2.12 bits per heavy atom. The summed E-state index contributed by atoms with van der Waals surface area (Å²) in [5.41, 5.74) is -0.459. The van der Waals surface area contributed by atoms with Crippen molar-refractivity contribution in [2.45, 2.75) is 57.7 Å². The molecule has 0 radical (unpaired) electrons. The predicted molar refractivity (Wildman–Crippen MR) is 60.1 cm³/mol. The molecule has 0 aromatic heterocycles. The minimum Gasteiger partial charge on any atom is -0.444 e. The van der Waals surface area contributed by atoms with Gasteiger partial charge in [0.15, 0.2) is 0 Å². The monoisotopic (exact) mass is 227 g/mol. The maximum atomic E-state index is 12.0. The van der Waals surface area contributed by atoms with Crippen LogP contribution in [-0.4, -0.2) is 40.4 Å². The average Bonchev–Trinajstić information content (AvgIpc) is 2.72. The highest BCUT2D eigenvalue weighted by molar-refractivity contribution is 5.69. The Morgan fingerprint density at radius 1 is 1.44 bits per heavy atom. The molecule has 92 valence electrons. The summed E-state index contributed by atoms with van der Waals surface area (Å²) in [7, 11) is 0. The van der Waals surface area contributed by atoms with Crippen molar-refractivity contribution in [1.29, 1.82) is 0 Å². The maximum Gasteiger partial charge on any atom is 0.410 e. The van der Waals surface area contributed by atoms with Crippen LogP contribution in [-0.2, 0) is 4.74 Å². The number of hydrogen-bond acceptors (Lipinski definition) is 3. The van der Waals surface area contributed by atoms with E-state index in [1.54, 1.807) is 4.90 Å². The van der Waals surface area contributed by atoms with Crippen molar-refractivity contribution in [3.8, 4) is 0 Å². The van der Waals surface area contributed by atoms with Gasteiger partial charge in [-0.15, -0.1) is 0 Å². The van der Waals surface area contributed by atoms with E-state index in [1.165, 1.54) is 0 Å². The zero-order valence-corrected chi connectivity index (χ0v) is 10.3. The molecular weight excluding hydrogens is 206 g/mol. The molecule has 1 amide bonds. The van der Waals surface area contributed by atoms with Gasteiger partial charge in [0.2, 0.25) is 0 Å². The molecule has 3 atom stereocenters. The molecule has 0 aromatic rings. The fourth-order valence-corrected chi connectivity index (χ4v) is 2.93. The van der Waals surface area contributed by atoms with Gasteiger partial charge in [-0.2, -0.15) is 0 Å². The third-order valence-corrected chi connectivity index (χ3v) is 3.53. The number of carbonyl (C=O) groups excluding carboxylic acids is 1. The van der Waals surface area contributed by atoms with Crippen molar-refractivity contribution in [2.24, 2.45) is 5.92 Å². The number of fused-ring (bicyclic) bond motifs is 2. The van der Waals surface area contributed by atoms with Crippen LogP contribution in [0.3, 0.4) is 0 Å². The lowest BCUT2D eigenvalue weighted by molar-refractivity contribution is -0.000465. The molecule has 4 nitrogen and oxygen atoms in total. The Kier molecular flexibility index (Phi) is 2.86. The number of aliphatic hydroxyl groups excluding tert-OH is 1. The van der Waals surface area contributed by atoms with Crippen LogP contribution in [0.25, 0.3) is 0 Å². The van der Waals surface area contributed by atoms with Crippen LogP contribution in [0.1, 0.15) is 40.0 Å².